The van der Waals surface area contributed by atoms with E-state index in [1.807, 2.05) is 47.8 Å². The number of hydrogen-bond acceptors (Lipinski definition) is 6. The van der Waals surface area contributed by atoms with E-state index in [0.29, 0.717) is 22.1 Å². The van der Waals surface area contributed by atoms with Gasteiger partial charge < -0.3 is 19.5 Å². The number of aromatic nitrogens is 1. The maximum absolute atomic E-state index is 10.5. The van der Waals surface area contributed by atoms with Crippen LogP contribution in [0.25, 0.3) is 16.8 Å². The zero-order chi connectivity index (χ0) is 20.5. The third-order valence-electron chi connectivity index (χ3n) is 4.64. The second kappa shape index (κ2) is 7.88. The number of halogens is 1. The fourth-order valence-electron chi connectivity index (χ4n) is 3.16. The molecule has 0 bridgehead atoms. The van der Waals surface area contributed by atoms with Gasteiger partial charge in [0.05, 0.1) is 32.0 Å². The lowest BCUT2D eigenvalue weighted by Gasteiger charge is -2.18. The molecular formula is C21H18BrN3O3S. The number of rotatable bonds is 5. The smallest absolute Gasteiger partial charge is 0.161 e. The lowest BCUT2D eigenvalue weighted by molar-refractivity contribution is 0.355. The quantitative estimate of drug-likeness (QED) is 0.523. The molecule has 8 heteroatoms. The van der Waals surface area contributed by atoms with Crippen molar-refractivity contribution in [3.63, 3.8) is 0 Å². The lowest BCUT2D eigenvalue weighted by Crippen LogP contribution is -2.25. The Kier molecular flexibility index (Phi) is 5.29. The summed E-state index contributed by atoms with van der Waals surface area (Å²) in [5.74, 6) is 1.65. The predicted molar refractivity (Wildman–Crippen MR) is 119 cm³/mol. The van der Waals surface area contributed by atoms with Crippen LogP contribution in [-0.4, -0.2) is 36.7 Å². The van der Waals surface area contributed by atoms with E-state index >= 15 is 0 Å². The molecule has 29 heavy (non-hydrogen) atoms. The highest BCUT2D eigenvalue weighted by Crippen LogP contribution is 2.36. The van der Waals surface area contributed by atoms with Gasteiger partial charge in [-0.05, 0) is 42.5 Å². The Balaban J connectivity index is 1.63. The Hall–Kier alpha value is -2.84. The maximum atomic E-state index is 10.5. The molecule has 0 radical (unpaired) electrons. The zero-order valence-electron chi connectivity index (χ0n) is 15.8. The number of hydrogen-bond donors (Lipinski definition) is 2. The van der Waals surface area contributed by atoms with Gasteiger partial charge in [0.1, 0.15) is 16.6 Å². The van der Waals surface area contributed by atoms with Crippen molar-refractivity contribution in [3.05, 3.63) is 63.1 Å². The minimum absolute atomic E-state index is 0.145. The fourth-order valence-corrected chi connectivity index (χ4v) is 4.32. The average Bonchev–Trinajstić information content (AvgIpc) is 3.32. The Morgan fingerprint density at radius 2 is 1.83 bits per heavy atom. The molecule has 4 rings (SSSR count). The molecule has 2 heterocycles. The summed E-state index contributed by atoms with van der Waals surface area (Å²) >= 11 is 4.81. The van der Waals surface area contributed by atoms with Gasteiger partial charge in [0.15, 0.2) is 11.5 Å². The van der Waals surface area contributed by atoms with Gasteiger partial charge in [-0.3, -0.25) is 5.41 Å². The minimum atomic E-state index is 0.145. The number of aliphatic hydroxyl groups excluding tert-OH is 1. The number of benzene rings is 2. The molecule has 0 spiro atoms. The van der Waals surface area contributed by atoms with Crippen LogP contribution < -0.4 is 14.4 Å². The highest BCUT2D eigenvalue weighted by atomic mass is 79.9. The van der Waals surface area contributed by atoms with Crippen LogP contribution in [0.2, 0.25) is 0 Å². The molecule has 0 saturated heterocycles. The summed E-state index contributed by atoms with van der Waals surface area (Å²) in [6.45, 7) is 0.251. The molecule has 3 aromatic rings. The SMILES string of the molecule is COc1ccc(-c2csc(C3=C(O)CN(c4ccc(Br)cc4)C3=N)n2)cc1OC. The van der Waals surface area contributed by atoms with Crippen molar-refractivity contribution in [3.8, 4) is 22.8 Å². The number of ether oxygens (including phenoxy) is 2. The molecule has 1 aliphatic heterocycles. The lowest BCUT2D eigenvalue weighted by atomic mass is 10.1. The third-order valence-corrected chi connectivity index (χ3v) is 6.03. The van der Waals surface area contributed by atoms with Gasteiger partial charge in [-0.1, -0.05) is 15.9 Å². The van der Waals surface area contributed by atoms with Gasteiger partial charge in [-0.15, -0.1) is 11.3 Å². The maximum Gasteiger partial charge on any atom is 0.161 e. The molecule has 0 amide bonds. The summed E-state index contributed by atoms with van der Waals surface area (Å²) in [6, 6.07) is 13.2. The number of anilines is 1. The molecule has 1 aliphatic rings. The van der Waals surface area contributed by atoms with E-state index in [0.717, 1.165) is 21.4 Å². The van der Waals surface area contributed by atoms with Gasteiger partial charge in [-0.25, -0.2) is 4.98 Å². The third kappa shape index (κ3) is 3.61. The number of nitrogens with one attached hydrogen (secondary N) is 1. The van der Waals surface area contributed by atoms with Crippen LogP contribution >= 0.6 is 27.3 Å². The van der Waals surface area contributed by atoms with Gasteiger partial charge in [0, 0.05) is 21.1 Å². The Bertz CT molecular complexity index is 1110. The van der Waals surface area contributed by atoms with E-state index in [9.17, 15) is 5.11 Å². The van der Waals surface area contributed by atoms with E-state index in [4.69, 9.17) is 14.9 Å². The number of amidine groups is 1. The normalized spacial score (nSPS) is 13.9. The van der Waals surface area contributed by atoms with Crippen molar-refractivity contribution in [2.45, 2.75) is 0 Å². The number of methoxy groups -OCH3 is 2. The van der Waals surface area contributed by atoms with Gasteiger partial charge in [0.2, 0.25) is 0 Å². The first-order valence-corrected chi connectivity index (χ1v) is 10.4. The number of thiazole rings is 1. The van der Waals surface area contributed by atoms with E-state index in [-0.39, 0.29) is 18.1 Å². The first-order valence-electron chi connectivity index (χ1n) is 8.74. The van der Waals surface area contributed by atoms with Crippen LogP contribution in [0.1, 0.15) is 5.01 Å². The summed E-state index contributed by atoms with van der Waals surface area (Å²) in [4.78, 5) is 6.42. The van der Waals surface area contributed by atoms with Crippen molar-refractivity contribution in [1.82, 2.24) is 4.98 Å². The Labute approximate surface area is 180 Å². The van der Waals surface area contributed by atoms with Crippen LogP contribution in [0.15, 0.2) is 58.1 Å². The van der Waals surface area contributed by atoms with Crippen LogP contribution in [0, 0.1) is 5.41 Å². The molecule has 0 saturated carbocycles. The van der Waals surface area contributed by atoms with Crippen LogP contribution in [0.5, 0.6) is 11.5 Å². The Morgan fingerprint density at radius 3 is 2.52 bits per heavy atom. The summed E-state index contributed by atoms with van der Waals surface area (Å²) in [5, 5.41) is 21.6. The molecule has 148 valence electrons. The van der Waals surface area contributed by atoms with Gasteiger partial charge >= 0.3 is 0 Å². The summed E-state index contributed by atoms with van der Waals surface area (Å²) in [5.41, 5.74) is 2.93. The van der Waals surface area contributed by atoms with Crippen molar-refractivity contribution in [1.29, 1.82) is 5.41 Å². The van der Waals surface area contributed by atoms with Crippen LogP contribution in [0.4, 0.5) is 5.69 Å². The number of nitrogens with zero attached hydrogens (tertiary/aromatic N) is 2. The van der Waals surface area contributed by atoms with E-state index < -0.39 is 0 Å². The molecule has 2 aromatic carbocycles. The van der Waals surface area contributed by atoms with E-state index in [1.54, 1.807) is 19.1 Å². The zero-order valence-corrected chi connectivity index (χ0v) is 18.2. The first-order chi connectivity index (χ1) is 14.0. The van der Waals surface area contributed by atoms with Crippen molar-refractivity contribution in [2.24, 2.45) is 0 Å². The summed E-state index contributed by atoms with van der Waals surface area (Å²) < 4.78 is 11.6. The topological polar surface area (TPSA) is 78.7 Å². The fraction of sp³-hybridized carbons (Fsp3) is 0.143. The standard InChI is InChI=1S/C21H18BrN3O3S/c1-27-17-8-3-12(9-18(17)28-2)15-11-29-21(24-15)19-16(26)10-25(20(19)23)14-6-4-13(22)5-7-14/h3-9,11,23,26H,10H2,1-2H3. The second-order valence-electron chi connectivity index (χ2n) is 6.34. The summed E-state index contributed by atoms with van der Waals surface area (Å²) in [7, 11) is 3.18. The monoisotopic (exact) mass is 471 g/mol. The van der Waals surface area contributed by atoms with Gasteiger partial charge in [-0.2, -0.15) is 0 Å². The second-order valence-corrected chi connectivity index (χ2v) is 8.11. The van der Waals surface area contributed by atoms with E-state index in [1.165, 1.54) is 11.3 Å². The molecule has 1 aromatic heterocycles. The number of aliphatic hydroxyl groups is 1. The first kappa shape index (κ1) is 19.5. The minimum Gasteiger partial charge on any atom is -0.510 e. The summed E-state index contributed by atoms with van der Waals surface area (Å²) in [6.07, 6.45) is 0. The molecule has 2 N–H and O–H groups in total. The Morgan fingerprint density at radius 1 is 1.10 bits per heavy atom. The van der Waals surface area contributed by atoms with Crippen LogP contribution in [-0.2, 0) is 0 Å². The highest BCUT2D eigenvalue weighted by Gasteiger charge is 2.31. The molecule has 0 unspecified atom stereocenters. The molecule has 0 atom stereocenters. The molecule has 0 aliphatic carbocycles. The van der Waals surface area contributed by atoms with Crippen molar-refractivity contribution < 1.29 is 14.6 Å². The molecular weight excluding hydrogens is 454 g/mol. The van der Waals surface area contributed by atoms with Crippen molar-refractivity contribution >= 4 is 44.4 Å². The molecule has 0 fully saturated rings. The van der Waals surface area contributed by atoms with Gasteiger partial charge in [0.25, 0.3) is 0 Å². The van der Waals surface area contributed by atoms with Crippen molar-refractivity contribution in [2.75, 3.05) is 25.7 Å². The highest BCUT2D eigenvalue weighted by molar-refractivity contribution is 9.10. The van der Waals surface area contributed by atoms with E-state index in [2.05, 4.69) is 20.9 Å². The predicted octanol–water partition coefficient (Wildman–Crippen LogP) is 5.36. The van der Waals surface area contributed by atoms with Crippen LogP contribution in [0.3, 0.4) is 0 Å². The average molecular weight is 472 g/mol. The molecule has 6 nitrogen and oxygen atoms in total. The largest absolute Gasteiger partial charge is 0.510 e.